The van der Waals surface area contributed by atoms with E-state index in [-0.39, 0.29) is 12.0 Å². The van der Waals surface area contributed by atoms with Gasteiger partial charge in [-0.05, 0) is 6.07 Å². The number of rotatable bonds is 4. The van der Waals surface area contributed by atoms with E-state index in [4.69, 9.17) is 21.1 Å². The summed E-state index contributed by atoms with van der Waals surface area (Å²) in [5.74, 6) is 0.00747. The first-order chi connectivity index (χ1) is 10.2. The van der Waals surface area contributed by atoms with Crippen LogP contribution in [0.3, 0.4) is 0 Å². The highest BCUT2D eigenvalue weighted by molar-refractivity contribution is 7.13. The van der Waals surface area contributed by atoms with E-state index in [9.17, 15) is 4.79 Å². The van der Waals surface area contributed by atoms with Crippen LogP contribution in [0.1, 0.15) is 16.8 Å². The van der Waals surface area contributed by atoms with Crippen LogP contribution in [0.4, 0.5) is 5.13 Å². The molecule has 1 N–H and O–H groups in total. The third kappa shape index (κ3) is 3.49. The van der Waals surface area contributed by atoms with Crippen LogP contribution in [0.2, 0.25) is 5.02 Å². The lowest BCUT2D eigenvalue weighted by Crippen LogP contribution is -2.17. The molecule has 3 rings (SSSR count). The van der Waals surface area contributed by atoms with Crippen molar-refractivity contribution in [3.8, 4) is 5.88 Å². The molecule has 0 aromatic carbocycles. The van der Waals surface area contributed by atoms with Gasteiger partial charge in [0.15, 0.2) is 5.13 Å². The average molecular weight is 326 g/mol. The van der Waals surface area contributed by atoms with E-state index in [1.165, 1.54) is 23.6 Å². The van der Waals surface area contributed by atoms with Crippen molar-refractivity contribution in [3.63, 3.8) is 0 Å². The van der Waals surface area contributed by atoms with Gasteiger partial charge in [0.2, 0.25) is 5.88 Å². The van der Waals surface area contributed by atoms with Crippen LogP contribution < -0.4 is 10.1 Å². The molecular weight excluding hydrogens is 314 g/mol. The molecule has 2 aromatic heterocycles. The number of thiazole rings is 1. The van der Waals surface area contributed by atoms with E-state index >= 15 is 0 Å². The summed E-state index contributed by atoms with van der Waals surface area (Å²) in [6, 6.07) is 1.53. The van der Waals surface area contributed by atoms with Crippen molar-refractivity contribution in [2.24, 2.45) is 0 Å². The summed E-state index contributed by atoms with van der Waals surface area (Å²) in [4.78, 5) is 20.1. The molecule has 21 heavy (non-hydrogen) atoms. The summed E-state index contributed by atoms with van der Waals surface area (Å²) in [5.41, 5.74) is 0.352. The van der Waals surface area contributed by atoms with Crippen LogP contribution in [0.25, 0.3) is 0 Å². The Bertz CT molecular complexity index is 630. The molecule has 6 nitrogen and oxygen atoms in total. The van der Waals surface area contributed by atoms with Crippen LogP contribution in [-0.2, 0) is 4.74 Å². The van der Waals surface area contributed by atoms with Gasteiger partial charge < -0.3 is 9.47 Å². The molecule has 0 aliphatic carbocycles. The summed E-state index contributed by atoms with van der Waals surface area (Å²) in [6.07, 6.45) is 3.82. The number of nitrogens with one attached hydrogen (secondary N) is 1. The summed E-state index contributed by atoms with van der Waals surface area (Å²) in [7, 11) is 0. The van der Waals surface area contributed by atoms with E-state index in [1.807, 2.05) is 0 Å². The third-order valence-corrected chi connectivity index (χ3v) is 3.85. The lowest BCUT2D eigenvalue weighted by atomic mass is 10.2. The Morgan fingerprint density at radius 2 is 2.43 bits per heavy atom. The molecular formula is C13H12ClN3O3S. The number of hydrogen-bond acceptors (Lipinski definition) is 6. The lowest BCUT2D eigenvalue weighted by Gasteiger charge is -2.12. The second kappa shape index (κ2) is 6.38. The van der Waals surface area contributed by atoms with Crippen molar-refractivity contribution in [2.75, 3.05) is 18.5 Å². The number of halogens is 1. The minimum absolute atomic E-state index is 0.0370. The second-order valence-electron chi connectivity index (χ2n) is 4.41. The molecule has 0 saturated carbocycles. The van der Waals surface area contributed by atoms with Crippen LogP contribution >= 0.6 is 22.9 Å². The Morgan fingerprint density at radius 1 is 1.52 bits per heavy atom. The number of ether oxygens (including phenoxy) is 2. The minimum atomic E-state index is -0.310. The van der Waals surface area contributed by atoms with E-state index in [0.29, 0.717) is 34.8 Å². The van der Waals surface area contributed by atoms with Crippen molar-refractivity contribution in [1.82, 2.24) is 9.97 Å². The van der Waals surface area contributed by atoms with Gasteiger partial charge in [0.25, 0.3) is 5.91 Å². The first-order valence-electron chi connectivity index (χ1n) is 6.33. The highest BCUT2D eigenvalue weighted by atomic mass is 35.5. The molecule has 0 bridgehead atoms. The Hall–Kier alpha value is -1.70. The predicted octanol–water partition coefficient (Wildman–Crippen LogP) is 2.61. The summed E-state index contributed by atoms with van der Waals surface area (Å²) >= 11 is 7.45. The Labute approximate surface area is 130 Å². The highest BCUT2D eigenvalue weighted by Crippen LogP contribution is 2.25. The van der Waals surface area contributed by atoms with Crippen molar-refractivity contribution >= 4 is 34.0 Å². The van der Waals surface area contributed by atoms with Gasteiger partial charge in [0, 0.05) is 24.2 Å². The van der Waals surface area contributed by atoms with E-state index in [0.717, 1.165) is 6.42 Å². The number of nitrogens with zero attached hydrogens (tertiary/aromatic N) is 2. The van der Waals surface area contributed by atoms with Crippen LogP contribution in [0.15, 0.2) is 23.8 Å². The monoisotopic (exact) mass is 325 g/mol. The molecule has 2 aromatic rings. The largest absolute Gasteiger partial charge is 0.471 e. The molecule has 1 fully saturated rings. The molecule has 1 atom stereocenters. The van der Waals surface area contributed by atoms with Crippen molar-refractivity contribution < 1.29 is 14.3 Å². The predicted molar refractivity (Wildman–Crippen MR) is 79.2 cm³/mol. The van der Waals surface area contributed by atoms with Crippen LogP contribution in [-0.4, -0.2) is 35.2 Å². The number of carbonyl (C=O) groups excluding carboxylic acids is 1. The zero-order chi connectivity index (χ0) is 14.7. The number of hydrogen-bond donors (Lipinski definition) is 1. The summed E-state index contributed by atoms with van der Waals surface area (Å²) in [6.45, 7) is 1.21. The molecule has 1 aliphatic rings. The summed E-state index contributed by atoms with van der Waals surface area (Å²) in [5, 5.41) is 5.27. The van der Waals surface area contributed by atoms with Crippen LogP contribution in [0.5, 0.6) is 5.88 Å². The number of aromatic nitrogens is 2. The van der Waals surface area contributed by atoms with E-state index < -0.39 is 0 Å². The van der Waals surface area contributed by atoms with Gasteiger partial charge in [-0.3, -0.25) is 10.1 Å². The van der Waals surface area contributed by atoms with Gasteiger partial charge in [0.05, 0.1) is 18.8 Å². The smallest absolute Gasteiger partial charge is 0.259 e. The van der Waals surface area contributed by atoms with Gasteiger partial charge in [-0.2, -0.15) is 0 Å². The van der Waals surface area contributed by atoms with Gasteiger partial charge in [0.1, 0.15) is 11.1 Å². The highest BCUT2D eigenvalue weighted by Gasteiger charge is 2.20. The summed E-state index contributed by atoms with van der Waals surface area (Å²) < 4.78 is 10.9. The Kier molecular flexibility index (Phi) is 4.33. The molecule has 110 valence electrons. The molecule has 1 amide bonds. The molecule has 1 aliphatic heterocycles. The maximum atomic E-state index is 12.0. The molecule has 1 saturated heterocycles. The molecule has 0 spiro atoms. The van der Waals surface area contributed by atoms with Gasteiger partial charge in [-0.25, -0.2) is 9.97 Å². The lowest BCUT2D eigenvalue weighted by molar-refractivity contribution is 0.102. The van der Waals surface area contributed by atoms with Crippen molar-refractivity contribution in [2.45, 2.75) is 12.5 Å². The third-order valence-electron chi connectivity index (χ3n) is 2.89. The molecule has 3 heterocycles. The first-order valence-corrected chi connectivity index (χ1v) is 7.59. The maximum Gasteiger partial charge on any atom is 0.259 e. The number of amides is 1. The fourth-order valence-corrected chi connectivity index (χ4v) is 2.59. The minimum Gasteiger partial charge on any atom is -0.471 e. The number of anilines is 1. The molecule has 8 heteroatoms. The topological polar surface area (TPSA) is 73.3 Å². The normalized spacial score (nSPS) is 17.7. The number of carbonyl (C=O) groups is 1. The SMILES string of the molecule is O=C(Nc1nccs1)c1cnc(OC2CCOC2)c(Cl)c1. The Morgan fingerprint density at radius 3 is 3.10 bits per heavy atom. The average Bonchev–Trinajstić information content (AvgIpc) is 3.14. The van der Waals surface area contributed by atoms with E-state index in [2.05, 4.69) is 15.3 Å². The van der Waals surface area contributed by atoms with E-state index in [1.54, 1.807) is 11.6 Å². The second-order valence-corrected chi connectivity index (χ2v) is 5.71. The maximum absolute atomic E-state index is 12.0. The molecule has 1 unspecified atom stereocenters. The van der Waals surface area contributed by atoms with Crippen LogP contribution in [0, 0.1) is 0 Å². The van der Waals surface area contributed by atoms with Gasteiger partial charge >= 0.3 is 0 Å². The number of pyridine rings is 1. The Balaban J connectivity index is 1.69. The fourth-order valence-electron chi connectivity index (χ4n) is 1.85. The first kappa shape index (κ1) is 14.2. The quantitative estimate of drug-likeness (QED) is 0.935. The molecule has 0 radical (unpaired) electrons. The zero-order valence-electron chi connectivity index (χ0n) is 10.9. The zero-order valence-corrected chi connectivity index (χ0v) is 12.5. The van der Waals surface area contributed by atoms with Crippen molar-refractivity contribution in [1.29, 1.82) is 0 Å². The standard InChI is InChI=1S/C13H12ClN3O3S/c14-10-5-8(11(18)17-13-15-2-4-21-13)6-16-12(10)20-9-1-3-19-7-9/h2,4-6,9H,1,3,7H2,(H,15,17,18). The van der Waals surface area contributed by atoms with Crippen molar-refractivity contribution in [3.05, 3.63) is 34.4 Å². The van der Waals surface area contributed by atoms with Gasteiger partial charge in [-0.15, -0.1) is 11.3 Å². The van der Waals surface area contributed by atoms with Gasteiger partial charge in [-0.1, -0.05) is 11.6 Å². The fraction of sp³-hybridized carbons (Fsp3) is 0.308.